The van der Waals surface area contributed by atoms with Gasteiger partial charge in [-0.15, -0.1) is 0 Å². The van der Waals surface area contributed by atoms with Crippen molar-refractivity contribution in [1.29, 1.82) is 0 Å². The molecule has 0 unspecified atom stereocenters. The number of aromatic nitrogens is 1. The summed E-state index contributed by atoms with van der Waals surface area (Å²) in [6, 6.07) is 1.64. The van der Waals surface area contributed by atoms with E-state index in [1.807, 2.05) is 0 Å². The largest absolute Gasteiger partial charge is 0.274 e. The molecule has 0 aromatic carbocycles. The van der Waals surface area contributed by atoms with Gasteiger partial charge in [0.15, 0.2) is 0 Å². The van der Waals surface area contributed by atoms with Gasteiger partial charge >= 0.3 is 0 Å². The van der Waals surface area contributed by atoms with Gasteiger partial charge in [-0.3, -0.25) is 14.6 Å². The number of halogens is 1. The molecule has 0 radical (unpaired) electrons. The first-order valence-electron chi connectivity index (χ1n) is 4.15. The van der Waals surface area contributed by atoms with Crippen molar-refractivity contribution < 1.29 is 9.59 Å². The summed E-state index contributed by atoms with van der Waals surface area (Å²) in [5.41, 5.74) is 0.576. The molecule has 0 bridgehead atoms. The molecule has 0 spiro atoms. The van der Waals surface area contributed by atoms with Gasteiger partial charge in [0.1, 0.15) is 0 Å². The van der Waals surface area contributed by atoms with Crippen LogP contribution in [0.3, 0.4) is 0 Å². The number of anilines is 1. The van der Waals surface area contributed by atoms with Crippen LogP contribution in [-0.2, 0) is 9.59 Å². The zero-order valence-electron chi connectivity index (χ0n) is 7.24. The van der Waals surface area contributed by atoms with E-state index in [0.717, 1.165) is 0 Å². The van der Waals surface area contributed by atoms with E-state index in [1.165, 1.54) is 4.90 Å². The Bertz CT molecular complexity index is 390. The summed E-state index contributed by atoms with van der Waals surface area (Å²) < 4.78 is 0.656. The molecular weight excluding hydrogens is 248 g/mol. The first kappa shape index (κ1) is 9.33. The summed E-state index contributed by atoms with van der Waals surface area (Å²) in [5, 5.41) is 0. The summed E-state index contributed by atoms with van der Waals surface area (Å²) >= 11 is 3.25. The molecule has 2 amide bonds. The first-order chi connectivity index (χ1) is 6.70. The molecule has 14 heavy (non-hydrogen) atoms. The van der Waals surface area contributed by atoms with E-state index in [4.69, 9.17) is 0 Å². The van der Waals surface area contributed by atoms with Crippen LogP contribution in [0, 0.1) is 0 Å². The van der Waals surface area contributed by atoms with Crippen molar-refractivity contribution in [3.05, 3.63) is 22.9 Å². The fourth-order valence-corrected chi connectivity index (χ4v) is 1.82. The smallest absolute Gasteiger partial charge is 0.234 e. The maximum Gasteiger partial charge on any atom is 0.234 e. The molecule has 72 valence electrons. The maximum atomic E-state index is 11.4. The topological polar surface area (TPSA) is 50.3 Å². The minimum Gasteiger partial charge on any atom is -0.274 e. The van der Waals surface area contributed by atoms with Crippen molar-refractivity contribution >= 4 is 33.4 Å². The van der Waals surface area contributed by atoms with E-state index in [0.29, 0.717) is 23.0 Å². The quantitative estimate of drug-likeness (QED) is 0.714. The Labute approximate surface area is 89.1 Å². The second-order valence-corrected chi connectivity index (χ2v) is 3.80. The average Bonchev–Trinajstić information content (AvgIpc) is 2.48. The van der Waals surface area contributed by atoms with Crippen LogP contribution in [0.4, 0.5) is 5.69 Å². The van der Waals surface area contributed by atoms with Crippen LogP contribution in [-0.4, -0.2) is 16.8 Å². The van der Waals surface area contributed by atoms with Crippen LogP contribution in [0.25, 0.3) is 0 Å². The van der Waals surface area contributed by atoms with Crippen molar-refractivity contribution in [2.45, 2.75) is 12.8 Å². The molecule has 1 aliphatic rings. The third-order valence-electron chi connectivity index (χ3n) is 2.04. The van der Waals surface area contributed by atoms with Crippen LogP contribution >= 0.6 is 15.9 Å². The SMILES string of the molecule is O=C1CCC(=O)N1c1ccncc1Br. The van der Waals surface area contributed by atoms with Gasteiger partial charge in [-0.05, 0) is 22.0 Å². The van der Waals surface area contributed by atoms with E-state index in [1.54, 1.807) is 18.5 Å². The number of carbonyl (C=O) groups is 2. The Morgan fingerprint density at radius 1 is 1.29 bits per heavy atom. The predicted octanol–water partition coefficient (Wildman–Crippen LogP) is 1.50. The minimum absolute atomic E-state index is 0.151. The van der Waals surface area contributed by atoms with Gasteiger partial charge in [-0.25, -0.2) is 4.90 Å². The molecule has 0 saturated carbocycles. The number of rotatable bonds is 1. The molecule has 1 aromatic heterocycles. The third kappa shape index (κ3) is 1.43. The van der Waals surface area contributed by atoms with Crippen LogP contribution in [0.5, 0.6) is 0 Å². The molecule has 0 aliphatic carbocycles. The molecule has 4 nitrogen and oxygen atoms in total. The number of hydrogen-bond donors (Lipinski definition) is 0. The first-order valence-corrected chi connectivity index (χ1v) is 4.95. The van der Waals surface area contributed by atoms with Gasteiger partial charge in [0.25, 0.3) is 0 Å². The molecule has 0 atom stereocenters. The van der Waals surface area contributed by atoms with E-state index in [9.17, 15) is 9.59 Å². The van der Waals surface area contributed by atoms with Crippen molar-refractivity contribution in [1.82, 2.24) is 4.98 Å². The maximum absolute atomic E-state index is 11.4. The molecule has 1 fully saturated rings. The zero-order chi connectivity index (χ0) is 10.1. The molecule has 1 aliphatic heterocycles. The highest BCUT2D eigenvalue weighted by atomic mass is 79.9. The number of nitrogens with zero attached hydrogens (tertiary/aromatic N) is 2. The van der Waals surface area contributed by atoms with Crippen LogP contribution < -0.4 is 4.90 Å². The van der Waals surface area contributed by atoms with Crippen LogP contribution in [0.2, 0.25) is 0 Å². The minimum atomic E-state index is -0.151. The lowest BCUT2D eigenvalue weighted by molar-refractivity contribution is -0.121. The van der Waals surface area contributed by atoms with Crippen molar-refractivity contribution in [2.75, 3.05) is 4.90 Å². The van der Waals surface area contributed by atoms with Crippen molar-refractivity contribution in [3.63, 3.8) is 0 Å². The van der Waals surface area contributed by atoms with Crippen LogP contribution in [0.1, 0.15) is 12.8 Å². The van der Waals surface area contributed by atoms with Gasteiger partial charge in [-0.2, -0.15) is 0 Å². The number of amides is 2. The molecule has 5 heteroatoms. The lowest BCUT2D eigenvalue weighted by Crippen LogP contribution is -2.28. The molecule has 1 aromatic rings. The Morgan fingerprint density at radius 2 is 1.93 bits per heavy atom. The number of imide groups is 1. The van der Waals surface area contributed by atoms with Crippen molar-refractivity contribution in [2.24, 2.45) is 0 Å². The summed E-state index contributed by atoms with van der Waals surface area (Å²) in [6.45, 7) is 0. The van der Waals surface area contributed by atoms with E-state index in [-0.39, 0.29) is 11.8 Å². The van der Waals surface area contributed by atoms with Gasteiger partial charge in [0, 0.05) is 25.2 Å². The van der Waals surface area contributed by atoms with Gasteiger partial charge < -0.3 is 0 Å². The van der Waals surface area contributed by atoms with Crippen LogP contribution in [0.15, 0.2) is 22.9 Å². The monoisotopic (exact) mass is 254 g/mol. The summed E-state index contributed by atoms with van der Waals surface area (Å²) in [4.78, 5) is 27.9. The third-order valence-corrected chi connectivity index (χ3v) is 2.65. The zero-order valence-corrected chi connectivity index (χ0v) is 8.82. The Balaban J connectivity index is 2.44. The predicted molar refractivity (Wildman–Crippen MR) is 53.7 cm³/mol. The highest BCUT2D eigenvalue weighted by molar-refractivity contribution is 9.10. The number of hydrogen-bond acceptors (Lipinski definition) is 3. The molecule has 2 heterocycles. The summed E-state index contributed by atoms with van der Waals surface area (Å²) in [5.74, 6) is -0.302. The highest BCUT2D eigenvalue weighted by Crippen LogP contribution is 2.28. The van der Waals surface area contributed by atoms with E-state index < -0.39 is 0 Å². The fourth-order valence-electron chi connectivity index (χ4n) is 1.39. The lowest BCUT2D eigenvalue weighted by atomic mass is 10.3. The molecule has 1 saturated heterocycles. The highest BCUT2D eigenvalue weighted by Gasteiger charge is 2.31. The summed E-state index contributed by atoms with van der Waals surface area (Å²) in [7, 11) is 0. The van der Waals surface area contributed by atoms with Gasteiger partial charge in [0.05, 0.1) is 10.2 Å². The number of carbonyl (C=O) groups excluding carboxylic acids is 2. The average molecular weight is 255 g/mol. The Morgan fingerprint density at radius 3 is 2.50 bits per heavy atom. The molecule has 0 N–H and O–H groups in total. The fraction of sp³-hybridized carbons (Fsp3) is 0.222. The van der Waals surface area contributed by atoms with Crippen molar-refractivity contribution in [3.8, 4) is 0 Å². The van der Waals surface area contributed by atoms with E-state index in [2.05, 4.69) is 20.9 Å². The normalized spacial score (nSPS) is 16.5. The Hall–Kier alpha value is -1.23. The summed E-state index contributed by atoms with van der Waals surface area (Å²) in [6.07, 6.45) is 3.72. The molecule has 2 rings (SSSR count). The second kappa shape index (κ2) is 3.49. The van der Waals surface area contributed by atoms with Gasteiger partial charge in [0.2, 0.25) is 11.8 Å². The Kier molecular flexibility index (Phi) is 2.33. The lowest BCUT2D eigenvalue weighted by Gasteiger charge is -2.14. The second-order valence-electron chi connectivity index (χ2n) is 2.95. The van der Waals surface area contributed by atoms with Gasteiger partial charge in [-0.1, -0.05) is 0 Å². The standard InChI is InChI=1S/C9H7BrN2O2/c10-6-5-11-4-3-7(6)12-8(13)1-2-9(12)14/h3-5H,1-2H2. The molecular formula is C9H7BrN2O2. The number of pyridine rings is 1. The van der Waals surface area contributed by atoms with E-state index >= 15 is 0 Å².